The number of benzene rings is 1. The average Bonchev–Trinajstić information content (AvgIpc) is 3.19. The van der Waals surface area contributed by atoms with Crippen molar-refractivity contribution in [3.05, 3.63) is 57.9 Å². The molecular weight excluding hydrogens is 384 g/mol. The number of amides is 2. The van der Waals surface area contributed by atoms with Gasteiger partial charge in [0, 0.05) is 11.3 Å². The third-order valence-electron chi connectivity index (χ3n) is 2.76. The minimum Gasteiger partial charge on any atom is -0.444 e. The van der Waals surface area contributed by atoms with Gasteiger partial charge in [-0.25, -0.2) is 0 Å². The number of hydrogen-bond donors (Lipinski definition) is 2. The summed E-state index contributed by atoms with van der Waals surface area (Å²) in [5.74, 6) is -0.573. The van der Waals surface area contributed by atoms with Gasteiger partial charge in [0.25, 0.3) is 11.8 Å². The molecule has 116 valence electrons. The van der Waals surface area contributed by atoms with Crippen molar-refractivity contribution in [1.29, 1.82) is 0 Å². The van der Waals surface area contributed by atoms with E-state index >= 15 is 0 Å². The van der Waals surface area contributed by atoms with Crippen molar-refractivity contribution in [2.24, 2.45) is 0 Å². The van der Waals surface area contributed by atoms with Gasteiger partial charge in [-0.15, -0.1) is 10.2 Å². The minimum atomic E-state index is -0.405. The number of rotatable bonds is 4. The van der Waals surface area contributed by atoms with Crippen LogP contribution in [-0.2, 0) is 0 Å². The Bertz CT molecular complexity index is 847. The van der Waals surface area contributed by atoms with Gasteiger partial charge in [0.05, 0.1) is 0 Å². The number of carbonyl (C=O) groups excluding carboxylic acids is 2. The highest BCUT2D eigenvalue weighted by atomic mass is 79.9. The van der Waals surface area contributed by atoms with E-state index in [0.717, 1.165) is 0 Å². The molecule has 3 aromatic rings. The van der Waals surface area contributed by atoms with Crippen molar-refractivity contribution < 1.29 is 14.0 Å². The van der Waals surface area contributed by atoms with E-state index in [9.17, 15) is 9.59 Å². The second-order valence-corrected chi connectivity index (χ2v) is 5.95. The van der Waals surface area contributed by atoms with E-state index in [-0.39, 0.29) is 11.7 Å². The Kier molecular flexibility index (Phi) is 4.49. The first kappa shape index (κ1) is 15.4. The number of anilines is 2. The van der Waals surface area contributed by atoms with Gasteiger partial charge in [-0.2, -0.15) is 0 Å². The Morgan fingerprint density at radius 1 is 1.13 bits per heavy atom. The molecule has 0 atom stereocenters. The van der Waals surface area contributed by atoms with Gasteiger partial charge >= 0.3 is 0 Å². The van der Waals surface area contributed by atoms with Crippen LogP contribution in [-0.4, -0.2) is 22.0 Å². The summed E-state index contributed by atoms with van der Waals surface area (Å²) in [6.45, 7) is 0. The monoisotopic (exact) mass is 392 g/mol. The highest BCUT2D eigenvalue weighted by Gasteiger charge is 2.13. The normalized spacial score (nSPS) is 10.3. The van der Waals surface area contributed by atoms with Gasteiger partial charge in [-0.1, -0.05) is 17.4 Å². The van der Waals surface area contributed by atoms with E-state index in [1.807, 2.05) is 0 Å². The lowest BCUT2D eigenvalue weighted by Crippen LogP contribution is -2.14. The summed E-state index contributed by atoms with van der Waals surface area (Å²) in [5, 5.41) is 13.1. The Labute approximate surface area is 142 Å². The van der Waals surface area contributed by atoms with Gasteiger partial charge in [-0.3, -0.25) is 14.9 Å². The number of carbonyl (C=O) groups is 2. The van der Waals surface area contributed by atoms with Gasteiger partial charge in [0.15, 0.2) is 10.4 Å². The summed E-state index contributed by atoms with van der Waals surface area (Å²) < 4.78 is 5.64. The number of nitrogens with zero attached hydrogens (tertiary/aromatic N) is 2. The van der Waals surface area contributed by atoms with E-state index in [1.165, 1.54) is 16.8 Å². The maximum atomic E-state index is 12.1. The Morgan fingerprint density at radius 2 is 2.00 bits per heavy atom. The second kappa shape index (κ2) is 6.71. The molecule has 0 bridgehead atoms. The van der Waals surface area contributed by atoms with Crippen molar-refractivity contribution >= 4 is 49.9 Å². The number of aromatic nitrogens is 2. The van der Waals surface area contributed by atoms with Gasteiger partial charge in [0.2, 0.25) is 5.13 Å². The molecule has 3 rings (SSSR count). The molecule has 0 aliphatic heterocycles. The topological polar surface area (TPSA) is 97.1 Å². The third kappa shape index (κ3) is 3.82. The number of halogens is 1. The fourth-order valence-electron chi connectivity index (χ4n) is 1.76. The minimum absolute atomic E-state index is 0.167. The molecule has 2 amide bonds. The molecule has 23 heavy (non-hydrogen) atoms. The fraction of sp³-hybridized carbons (Fsp3) is 0. The van der Waals surface area contributed by atoms with E-state index in [2.05, 4.69) is 36.8 Å². The summed E-state index contributed by atoms with van der Waals surface area (Å²) in [7, 11) is 0. The molecule has 0 aliphatic rings. The first-order valence-electron chi connectivity index (χ1n) is 6.36. The molecule has 0 saturated heterocycles. The van der Waals surface area contributed by atoms with E-state index in [1.54, 1.807) is 36.4 Å². The van der Waals surface area contributed by atoms with Gasteiger partial charge in [0.1, 0.15) is 5.51 Å². The zero-order valence-corrected chi connectivity index (χ0v) is 13.8. The number of furan rings is 1. The molecule has 0 radical (unpaired) electrons. The van der Waals surface area contributed by atoms with E-state index < -0.39 is 5.91 Å². The molecule has 0 saturated carbocycles. The summed E-state index contributed by atoms with van der Waals surface area (Å²) in [5.41, 5.74) is 2.39. The lowest BCUT2D eigenvalue weighted by Gasteiger charge is -2.06. The molecule has 2 N–H and O–H groups in total. The second-order valence-electron chi connectivity index (χ2n) is 4.34. The summed E-state index contributed by atoms with van der Waals surface area (Å²) in [4.78, 5) is 24.1. The maximum Gasteiger partial charge on any atom is 0.291 e. The van der Waals surface area contributed by atoms with Crippen molar-refractivity contribution in [1.82, 2.24) is 10.2 Å². The van der Waals surface area contributed by atoms with Gasteiger partial charge in [-0.05, 0) is 46.3 Å². The Balaban J connectivity index is 1.72. The maximum absolute atomic E-state index is 12.1. The van der Waals surface area contributed by atoms with Crippen molar-refractivity contribution in [2.75, 3.05) is 10.6 Å². The Morgan fingerprint density at radius 3 is 2.70 bits per heavy atom. The van der Waals surface area contributed by atoms with E-state index in [0.29, 0.717) is 21.1 Å². The zero-order valence-electron chi connectivity index (χ0n) is 11.4. The molecular formula is C14H9BrN4O3S. The van der Waals surface area contributed by atoms with Crippen LogP contribution in [0.5, 0.6) is 0 Å². The van der Waals surface area contributed by atoms with Crippen molar-refractivity contribution in [3.8, 4) is 0 Å². The van der Waals surface area contributed by atoms with Crippen LogP contribution in [0.15, 0.2) is 51.0 Å². The number of hydrogen-bond acceptors (Lipinski definition) is 6. The van der Waals surface area contributed by atoms with Crippen LogP contribution in [0.3, 0.4) is 0 Å². The van der Waals surface area contributed by atoms with Crippen LogP contribution in [0.2, 0.25) is 0 Å². The molecule has 1 aromatic carbocycles. The predicted molar refractivity (Wildman–Crippen MR) is 88.7 cm³/mol. The summed E-state index contributed by atoms with van der Waals surface area (Å²) in [6.07, 6.45) is 0. The quantitative estimate of drug-likeness (QED) is 0.708. The molecule has 2 heterocycles. The van der Waals surface area contributed by atoms with Crippen LogP contribution in [0, 0.1) is 0 Å². The fourth-order valence-corrected chi connectivity index (χ4v) is 2.51. The average molecular weight is 393 g/mol. The van der Waals surface area contributed by atoms with Crippen molar-refractivity contribution in [2.45, 2.75) is 0 Å². The largest absolute Gasteiger partial charge is 0.444 e. The van der Waals surface area contributed by atoms with Gasteiger partial charge < -0.3 is 9.73 Å². The lowest BCUT2D eigenvalue weighted by atomic mass is 10.2. The van der Waals surface area contributed by atoms with Crippen LogP contribution in [0.4, 0.5) is 10.8 Å². The first-order valence-corrected chi connectivity index (χ1v) is 8.03. The third-order valence-corrected chi connectivity index (χ3v) is 3.79. The van der Waals surface area contributed by atoms with Crippen LogP contribution >= 0.6 is 27.3 Å². The van der Waals surface area contributed by atoms with Crippen molar-refractivity contribution in [3.63, 3.8) is 0 Å². The zero-order chi connectivity index (χ0) is 16.2. The molecule has 0 fully saturated rings. The number of nitrogens with one attached hydrogen (secondary N) is 2. The highest BCUT2D eigenvalue weighted by Crippen LogP contribution is 2.18. The molecule has 0 aliphatic carbocycles. The summed E-state index contributed by atoms with van der Waals surface area (Å²) >= 11 is 4.35. The van der Waals surface area contributed by atoms with Crippen LogP contribution in [0.25, 0.3) is 0 Å². The Hall–Kier alpha value is -2.52. The first-order chi connectivity index (χ1) is 11.1. The summed E-state index contributed by atoms with van der Waals surface area (Å²) in [6, 6.07) is 9.72. The SMILES string of the molecule is O=C(Nc1nncs1)c1cccc(NC(=O)c2ccc(Br)o2)c1. The van der Waals surface area contributed by atoms with Crippen LogP contribution in [0.1, 0.15) is 20.9 Å². The molecule has 0 spiro atoms. The molecule has 7 nitrogen and oxygen atoms in total. The predicted octanol–water partition coefficient (Wildman–Crippen LogP) is 3.40. The molecule has 9 heteroatoms. The smallest absolute Gasteiger partial charge is 0.291 e. The van der Waals surface area contributed by atoms with E-state index in [4.69, 9.17) is 4.42 Å². The van der Waals surface area contributed by atoms with Crippen LogP contribution < -0.4 is 10.6 Å². The highest BCUT2D eigenvalue weighted by molar-refractivity contribution is 9.10. The lowest BCUT2D eigenvalue weighted by molar-refractivity contribution is 0.0992. The standard InChI is InChI=1S/C14H9BrN4O3S/c15-11-5-4-10(22-11)13(21)17-9-3-1-2-8(6-9)12(20)18-14-19-16-7-23-14/h1-7H,(H,17,21)(H,18,19,20). The molecule has 0 unspecified atom stereocenters. The molecule has 2 aromatic heterocycles.